The first-order valence-corrected chi connectivity index (χ1v) is 8.77. The molecule has 0 radical (unpaired) electrons. The van der Waals surface area contributed by atoms with E-state index in [-0.39, 0.29) is 0 Å². The minimum atomic E-state index is 0.849. The maximum atomic E-state index is 4.88. The molecular formula is C21H17BrN2. The van der Waals surface area contributed by atoms with E-state index in [9.17, 15) is 0 Å². The van der Waals surface area contributed by atoms with Gasteiger partial charge in [0, 0.05) is 22.7 Å². The van der Waals surface area contributed by atoms with Crippen molar-refractivity contribution in [2.45, 2.75) is 13.3 Å². The van der Waals surface area contributed by atoms with Crippen LogP contribution < -0.4 is 0 Å². The molecular weight excluding hydrogens is 360 g/mol. The van der Waals surface area contributed by atoms with Crippen LogP contribution in [-0.2, 0) is 6.42 Å². The highest BCUT2D eigenvalue weighted by atomic mass is 79.9. The smallest absolute Gasteiger partial charge is 0.137 e. The Labute approximate surface area is 149 Å². The highest BCUT2D eigenvalue weighted by Crippen LogP contribution is 2.27. The highest BCUT2D eigenvalue weighted by Gasteiger charge is 2.14. The number of pyridine rings is 1. The highest BCUT2D eigenvalue weighted by molar-refractivity contribution is 9.10. The molecule has 0 amide bonds. The van der Waals surface area contributed by atoms with Crippen molar-refractivity contribution < 1.29 is 0 Å². The molecule has 0 aliphatic heterocycles. The van der Waals surface area contributed by atoms with Crippen LogP contribution in [0.1, 0.15) is 16.8 Å². The standard InChI is InChI=1S/C21H17BrN2/c1-15-7-9-16(10-8-15)13-19-21(17-5-3-2-4-6-17)23-20-12-11-18(22)14-24(19)20/h2-12,14H,13H2,1H3. The molecule has 4 rings (SSSR count). The van der Waals surface area contributed by atoms with Gasteiger partial charge in [-0.05, 0) is 40.5 Å². The molecule has 0 aliphatic carbocycles. The van der Waals surface area contributed by atoms with Gasteiger partial charge in [0.15, 0.2) is 0 Å². The molecule has 0 saturated heterocycles. The second kappa shape index (κ2) is 6.25. The van der Waals surface area contributed by atoms with Crippen molar-refractivity contribution in [2.24, 2.45) is 0 Å². The lowest BCUT2D eigenvalue weighted by atomic mass is 10.0. The Morgan fingerprint density at radius 3 is 2.42 bits per heavy atom. The Kier molecular flexibility index (Phi) is 3.95. The summed E-state index contributed by atoms with van der Waals surface area (Å²) in [7, 11) is 0. The minimum Gasteiger partial charge on any atom is -0.302 e. The van der Waals surface area contributed by atoms with Gasteiger partial charge in [-0.1, -0.05) is 60.2 Å². The molecule has 2 heterocycles. The fourth-order valence-electron chi connectivity index (χ4n) is 2.96. The largest absolute Gasteiger partial charge is 0.302 e. The third kappa shape index (κ3) is 2.87. The maximum absolute atomic E-state index is 4.88. The van der Waals surface area contributed by atoms with Gasteiger partial charge in [0.1, 0.15) is 5.65 Å². The van der Waals surface area contributed by atoms with Gasteiger partial charge in [-0.3, -0.25) is 0 Å². The summed E-state index contributed by atoms with van der Waals surface area (Å²) in [6.07, 6.45) is 2.94. The summed E-state index contributed by atoms with van der Waals surface area (Å²) in [4.78, 5) is 4.88. The molecule has 3 heteroatoms. The molecule has 2 aromatic carbocycles. The molecule has 0 unspecified atom stereocenters. The summed E-state index contributed by atoms with van der Waals surface area (Å²) in [6, 6.07) is 23.2. The van der Waals surface area contributed by atoms with E-state index >= 15 is 0 Å². The first-order valence-electron chi connectivity index (χ1n) is 7.98. The average Bonchev–Trinajstić information content (AvgIpc) is 2.95. The molecule has 0 bridgehead atoms. The van der Waals surface area contributed by atoms with Crippen LogP contribution in [0.25, 0.3) is 16.9 Å². The summed E-state index contributed by atoms with van der Waals surface area (Å²) in [5.74, 6) is 0. The number of hydrogen-bond donors (Lipinski definition) is 0. The Balaban J connectivity index is 1.90. The van der Waals surface area contributed by atoms with E-state index in [1.807, 2.05) is 12.1 Å². The van der Waals surface area contributed by atoms with Crippen LogP contribution in [0.5, 0.6) is 0 Å². The van der Waals surface area contributed by atoms with Crippen molar-refractivity contribution in [3.8, 4) is 11.3 Å². The van der Waals surface area contributed by atoms with Gasteiger partial charge >= 0.3 is 0 Å². The molecule has 0 atom stereocenters. The van der Waals surface area contributed by atoms with Gasteiger partial charge in [0.05, 0.1) is 11.4 Å². The predicted octanol–water partition coefficient (Wildman–Crippen LogP) is 5.66. The molecule has 0 N–H and O–H groups in total. The van der Waals surface area contributed by atoms with Gasteiger partial charge in [-0.25, -0.2) is 4.98 Å². The van der Waals surface area contributed by atoms with Crippen LogP contribution in [0.4, 0.5) is 0 Å². The average molecular weight is 377 g/mol. The Morgan fingerprint density at radius 2 is 1.67 bits per heavy atom. The van der Waals surface area contributed by atoms with Gasteiger partial charge < -0.3 is 4.40 Å². The van der Waals surface area contributed by atoms with Crippen molar-refractivity contribution >= 4 is 21.6 Å². The number of imidazole rings is 1. The van der Waals surface area contributed by atoms with Gasteiger partial charge in [-0.2, -0.15) is 0 Å². The van der Waals surface area contributed by atoms with Crippen LogP contribution in [0, 0.1) is 6.92 Å². The number of fused-ring (bicyclic) bond motifs is 1. The van der Waals surface area contributed by atoms with Crippen LogP contribution in [0.15, 0.2) is 77.4 Å². The molecule has 4 aromatic rings. The minimum absolute atomic E-state index is 0.849. The molecule has 0 aliphatic rings. The number of aryl methyl sites for hydroxylation is 1. The lowest BCUT2D eigenvalue weighted by molar-refractivity contribution is 1.02. The normalized spacial score (nSPS) is 11.1. The first kappa shape index (κ1) is 15.2. The van der Waals surface area contributed by atoms with Crippen molar-refractivity contribution in [3.63, 3.8) is 0 Å². The summed E-state index contributed by atoms with van der Waals surface area (Å²) in [5, 5.41) is 0. The Hall–Kier alpha value is -2.39. The molecule has 118 valence electrons. The maximum Gasteiger partial charge on any atom is 0.137 e. The topological polar surface area (TPSA) is 17.3 Å². The second-order valence-corrected chi connectivity index (χ2v) is 6.93. The third-order valence-electron chi connectivity index (χ3n) is 4.22. The Morgan fingerprint density at radius 1 is 0.917 bits per heavy atom. The second-order valence-electron chi connectivity index (χ2n) is 6.01. The van der Waals surface area contributed by atoms with E-state index in [0.717, 1.165) is 27.8 Å². The number of rotatable bonds is 3. The molecule has 0 spiro atoms. The molecule has 2 nitrogen and oxygen atoms in total. The van der Waals surface area contributed by atoms with E-state index in [1.165, 1.54) is 16.8 Å². The lowest BCUT2D eigenvalue weighted by Crippen LogP contribution is -1.97. The van der Waals surface area contributed by atoms with Gasteiger partial charge in [0.25, 0.3) is 0 Å². The number of halogens is 1. The van der Waals surface area contributed by atoms with Gasteiger partial charge in [0.2, 0.25) is 0 Å². The van der Waals surface area contributed by atoms with E-state index in [1.54, 1.807) is 0 Å². The van der Waals surface area contributed by atoms with E-state index in [0.29, 0.717) is 0 Å². The summed E-state index contributed by atoms with van der Waals surface area (Å²) in [6.45, 7) is 2.12. The fourth-order valence-corrected chi connectivity index (χ4v) is 3.30. The first-order chi connectivity index (χ1) is 11.7. The molecule has 0 saturated carbocycles. The number of hydrogen-bond acceptors (Lipinski definition) is 1. The van der Waals surface area contributed by atoms with Crippen molar-refractivity contribution in [1.82, 2.24) is 9.38 Å². The SMILES string of the molecule is Cc1ccc(Cc2c(-c3ccccc3)nc3ccc(Br)cn23)cc1. The third-order valence-corrected chi connectivity index (χ3v) is 4.69. The zero-order chi connectivity index (χ0) is 16.5. The van der Waals surface area contributed by atoms with E-state index < -0.39 is 0 Å². The van der Waals surface area contributed by atoms with Crippen molar-refractivity contribution in [2.75, 3.05) is 0 Å². The lowest BCUT2D eigenvalue weighted by Gasteiger charge is -2.07. The van der Waals surface area contributed by atoms with Crippen LogP contribution in [0.2, 0.25) is 0 Å². The molecule has 0 fully saturated rings. The zero-order valence-corrected chi connectivity index (χ0v) is 15.0. The number of nitrogens with zero attached hydrogens (tertiary/aromatic N) is 2. The molecule has 24 heavy (non-hydrogen) atoms. The van der Waals surface area contributed by atoms with Crippen LogP contribution in [-0.4, -0.2) is 9.38 Å². The number of benzene rings is 2. The predicted molar refractivity (Wildman–Crippen MR) is 102 cm³/mol. The van der Waals surface area contributed by atoms with E-state index in [2.05, 4.69) is 88.0 Å². The fraction of sp³-hybridized carbons (Fsp3) is 0.0952. The van der Waals surface area contributed by atoms with Crippen LogP contribution in [0.3, 0.4) is 0 Å². The van der Waals surface area contributed by atoms with Crippen molar-refractivity contribution in [1.29, 1.82) is 0 Å². The van der Waals surface area contributed by atoms with Crippen molar-refractivity contribution in [3.05, 3.63) is 94.2 Å². The zero-order valence-electron chi connectivity index (χ0n) is 13.4. The van der Waals surface area contributed by atoms with E-state index in [4.69, 9.17) is 4.98 Å². The van der Waals surface area contributed by atoms with Gasteiger partial charge in [-0.15, -0.1) is 0 Å². The summed E-state index contributed by atoms with van der Waals surface area (Å²) >= 11 is 3.58. The molecule has 2 aromatic heterocycles. The monoisotopic (exact) mass is 376 g/mol. The van der Waals surface area contributed by atoms with Crippen LogP contribution >= 0.6 is 15.9 Å². The summed E-state index contributed by atoms with van der Waals surface area (Å²) in [5.41, 5.74) is 6.96. The summed E-state index contributed by atoms with van der Waals surface area (Å²) < 4.78 is 3.24. The quantitative estimate of drug-likeness (QED) is 0.450. The Bertz CT molecular complexity index is 986. The number of aromatic nitrogens is 2.